The number of carbonyl (C=O) groups is 1. The maximum absolute atomic E-state index is 14.5. The van der Waals surface area contributed by atoms with Crippen LogP contribution in [0.4, 0.5) is 10.3 Å². The van der Waals surface area contributed by atoms with Crippen LogP contribution in [0.25, 0.3) is 17.1 Å². The van der Waals surface area contributed by atoms with Crippen molar-refractivity contribution < 1.29 is 13.9 Å². The van der Waals surface area contributed by atoms with Crippen molar-refractivity contribution in [3.8, 4) is 17.1 Å². The Balaban J connectivity index is 1.54. The summed E-state index contributed by atoms with van der Waals surface area (Å²) < 4.78 is 20.7. The number of hydrogen-bond donors (Lipinski definition) is 1. The number of nitrogens with one attached hydrogen (secondary N) is 1. The Bertz CT molecular complexity index is 1140. The smallest absolute Gasteiger partial charge is 0.308 e. The van der Waals surface area contributed by atoms with Gasteiger partial charge in [-0.2, -0.15) is 0 Å². The fourth-order valence-electron chi connectivity index (χ4n) is 3.78. The summed E-state index contributed by atoms with van der Waals surface area (Å²) in [6.45, 7) is 0. The van der Waals surface area contributed by atoms with E-state index in [-0.39, 0.29) is 29.2 Å². The van der Waals surface area contributed by atoms with Crippen LogP contribution in [0, 0.1) is 11.7 Å². The summed E-state index contributed by atoms with van der Waals surface area (Å²) in [6.07, 6.45) is 7.21. The molecule has 3 heterocycles. The third kappa shape index (κ3) is 4.60. The van der Waals surface area contributed by atoms with Gasteiger partial charge >= 0.3 is 5.97 Å². The molecule has 0 bridgehead atoms. The van der Waals surface area contributed by atoms with E-state index in [1.54, 1.807) is 30.5 Å². The Hall–Kier alpha value is -3.62. The first kappa shape index (κ1) is 20.6. The van der Waals surface area contributed by atoms with Crippen molar-refractivity contribution >= 4 is 11.9 Å². The molecule has 0 saturated heterocycles. The summed E-state index contributed by atoms with van der Waals surface area (Å²) in [6, 6.07) is 8.12. The third-order valence-electron chi connectivity index (χ3n) is 5.43. The van der Waals surface area contributed by atoms with Gasteiger partial charge in [-0.05, 0) is 43.9 Å². The number of hydrogen-bond acceptors (Lipinski definition) is 7. The molecule has 0 amide bonds. The molecule has 0 atom stereocenters. The molecule has 1 fully saturated rings. The van der Waals surface area contributed by atoms with Gasteiger partial charge in [-0.1, -0.05) is 6.07 Å². The zero-order valence-electron chi connectivity index (χ0n) is 17.0. The first-order chi connectivity index (χ1) is 15.0. The summed E-state index contributed by atoms with van der Waals surface area (Å²) in [7, 11) is 1.40. The van der Waals surface area contributed by atoms with Gasteiger partial charge in [0.15, 0.2) is 5.82 Å². The zero-order chi connectivity index (χ0) is 21.8. The molecule has 3 aromatic heterocycles. The van der Waals surface area contributed by atoms with Crippen molar-refractivity contribution in [1.82, 2.24) is 19.5 Å². The van der Waals surface area contributed by atoms with E-state index >= 15 is 0 Å². The minimum atomic E-state index is -0.572. The quantitative estimate of drug-likeness (QED) is 0.630. The van der Waals surface area contributed by atoms with Crippen LogP contribution in [-0.4, -0.2) is 38.6 Å². The van der Waals surface area contributed by atoms with Crippen LogP contribution in [0.5, 0.6) is 0 Å². The number of anilines is 1. The van der Waals surface area contributed by atoms with Gasteiger partial charge in [-0.25, -0.2) is 19.3 Å². The van der Waals surface area contributed by atoms with Gasteiger partial charge in [0.2, 0.25) is 5.95 Å². The molecule has 3 aromatic rings. The normalized spacial score (nSPS) is 18.4. The molecule has 0 aromatic carbocycles. The lowest BCUT2D eigenvalue weighted by atomic mass is 9.86. The number of rotatable bonds is 5. The molecule has 8 nitrogen and oxygen atoms in total. The van der Waals surface area contributed by atoms with Crippen molar-refractivity contribution in [1.29, 1.82) is 0 Å². The molecular formula is C22H22FN5O3. The van der Waals surface area contributed by atoms with E-state index in [2.05, 4.69) is 20.3 Å². The largest absolute Gasteiger partial charge is 0.469 e. The van der Waals surface area contributed by atoms with Gasteiger partial charge in [0.1, 0.15) is 11.5 Å². The molecule has 1 N–H and O–H groups in total. The Morgan fingerprint density at radius 3 is 2.74 bits per heavy atom. The highest BCUT2D eigenvalue weighted by molar-refractivity contribution is 5.72. The predicted molar refractivity (Wildman–Crippen MR) is 112 cm³/mol. The molecule has 31 heavy (non-hydrogen) atoms. The first-order valence-corrected chi connectivity index (χ1v) is 10.1. The van der Waals surface area contributed by atoms with Crippen molar-refractivity contribution in [2.75, 3.05) is 12.4 Å². The second-order valence-corrected chi connectivity index (χ2v) is 7.42. The highest BCUT2D eigenvalue weighted by atomic mass is 19.1. The van der Waals surface area contributed by atoms with Gasteiger partial charge in [0, 0.05) is 30.1 Å². The third-order valence-corrected chi connectivity index (χ3v) is 5.43. The van der Waals surface area contributed by atoms with Crippen LogP contribution in [0.3, 0.4) is 0 Å². The molecule has 0 radical (unpaired) electrons. The number of methoxy groups -OCH3 is 1. The van der Waals surface area contributed by atoms with Crippen LogP contribution in [-0.2, 0) is 9.53 Å². The number of halogens is 1. The van der Waals surface area contributed by atoms with E-state index in [9.17, 15) is 14.0 Å². The van der Waals surface area contributed by atoms with Crippen LogP contribution in [0.2, 0.25) is 0 Å². The maximum Gasteiger partial charge on any atom is 0.308 e. The van der Waals surface area contributed by atoms with Crippen molar-refractivity contribution in [3.63, 3.8) is 0 Å². The molecule has 160 valence electrons. The fourth-order valence-corrected chi connectivity index (χ4v) is 3.78. The van der Waals surface area contributed by atoms with Crippen molar-refractivity contribution in [2.45, 2.75) is 31.7 Å². The van der Waals surface area contributed by atoms with Crippen LogP contribution in [0.1, 0.15) is 25.7 Å². The van der Waals surface area contributed by atoms with E-state index in [4.69, 9.17) is 4.74 Å². The molecule has 1 aliphatic rings. The standard InChI is InChI=1S/C22H22FN5O3/c1-31-21(30)14-5-7-16(8-6-14)26-22-25-13-17(23)20(27-22)15-9-10-24-18(12-15)28-11-3-2-4-19(28)29/h2-4,9-14,16H,5-8H2,1H3,(H,25,26,27). The van der Waals surface area contributed by atoms with Crippen molar-refractivity contribution in [3.05, 3.63) is 65.1 Å². The average Bonchev–Trinajstić information content (AvgIpc) is 2.80. The molecule has 0 unspecified atom stereocenters. The summed E-state index contributed by atoms with van der Waals surface area (Å²) in [5, 5.41) is 3.24. The number of nitrogens with zero attached hydrogens (tertiary/aromatic N) is 4. The molecular weight excluding hydrogens is 401 g/mol. The van der Waals surface area contributed by atoms with E-state index in [0.717, 1.165) is 31.9 Å². The van der Waals surface area contributed by atoms with Crippen LogP contribution >= 0.6 is 0 Å². The predicted octanol–water partition coefficient (Wildman–Crippen LogP) is 2.97. The Morgan fingerprint density at radius 2 is 2.00 bits per heavy atom. The highest BCUT2D eigenvalue weighted by Crippen LogP contribution is 2.28. The van der Waals surface area contributed by atoms with Crippen molar-refractivity contribution in [2.24, 2.45) is 5.92 Å². The number of esters is 1. The number of pyridine rings is 2. The molecule has 9 heteroatoms. The molecule has 0 aliphatic heterocycles. The summed E-state index contributed by atoms with van der Waals surface area (Å²) >= 11 is 0. The van der Waals surface area contributed by atoms with Gasteiger partial charge in [-0.3, -0.25) is 14.2 Å². The van der Waals surface area contributed by atoms with Gasteiger partial charge in [0.25, 0.3) is 5.56 Å². The molecule has 1 aliphatic carbocycles. The average molecular weight is 423 g/mol. The summed E-state index contributed by atoms with van der Waals surface area (Å²) in [4.78, 5) is 36.4. The van der Waals surface area contributed by atoms with E-state index < -0.39 is 5.82 Å². The minimum Gasteiger partial charge on any atom is -0.469 e. The lowest BCUT2D eigenvalue weighted by molar-refractivity contribution is -0.146. The second kappa shape index (κ2) is 9.03. The Morgan fingerprint density at radius 1 is 1.19 bits per heavy atom. The van der Waals surface area contributed by atoms with Gasteiger partial charge in [0.05, 0.1) is 19.2 Å². The van der Waals surface area contributed by atoms with Gasteiger partial charge in [-0.15, -0.1) is 0 Å². The lowest BCUT2D eigenvalue weighted by Gasteiger charge is -2.27. The van der Waals surface area contributed by atoms with E-state index in [1.807, 2.05) is 0 Å². The number of carbonyl (C=O) groups excluding carboxylic acids is 1. The summed E-state index contributed by atoms with van der Waals surface area (Å²) in [5.74, 6) is -0.142. The highest BCUT2D eigenvalue weighted by Gasteiger charge is 2.27. The number of ether oxygens (including phenoxy) is 1. The van der Waals surface area contributed by atoms with Gasteiger partial charge < -0.3 is 10.1 Å². The molecule has 0 spiro atoms. The monoisotopic (exact) mass is 423 g/mol. The van der Waals surface area contributed by atoms with Crippen LogP contribution in [0.15, 0.2) is 53.7 Å². The SMILES string of the molecule is COC(=O)C1CCC(Nc2ncc(F)c(-c3ccnc(-n4ccccc4=O)c3)n2)CC1. The Labute approximate surface area is 178 Å². The maximum atomic E-state index is 14.5. The Kier molecular flexibility index (Phi) is 6.01. The summed E-state index contributed by atoms with van der Waals surface area (Å²) in [5.41, 5.74) is 0.367. The number of aromatic nitrogens is 4. The topological polar surface area (TPSA) is 99.0 Å². The second-order valence-electron chi connectivity index (χ2n) is 7.42. The first-order valence-electron chi connectivity index (χ1n) is 10.1. The molecule has 4 rings (SSSR count). The van der Waals surface area contributed by atoms with Crippen LogP contribution < -0.4 is 10.9 Å². The van der Waals surface area contributed by atoms with E-state index in [0.29, 0.717) is 17.3 Å². The minimum absolute atomic E-state index is 0.0793. The molecule has 1 saturated carbocycles. The van der Waals surface area contributed by atoms with E-state index in [1.165, 1.54) is 23.9 Å². The zero-order valence-corrected chi connectivity index (χ0v) is 17.0. The fraction of sp³-hybridized carbons (Fsp3) is 0.318. The lowest BCUT2D eigenvalue weighted by Crippen LogP contribution is -2.30.